The second-order valence-corrected chi connectivity index (χ2v) is 5.86. The molecule has 1 amide bonds. The van der Waals surface area contributed by atoms with Crippen molar-refractivity contribution in [1.82, 2.24) is 0 Å². The monoisotopic (exact) mass is 400 g/mol. The van der Waals surface area contributed by atoms with Crippen LogP contribution in [0.5, 0.6) is 11.5 Å². The van der Waals surface area contributed by atoms with Crippen molar-refractivity contribution in [1.29, 1.82) is 5.26 Å². The maximum Gasteiger partial charge on any atom is 0.341 e. The van der Waals surface area contributed by atoms with Gasteiger partial charge in [-0.3, -0.25) is 4.79 Å². The van der Waals surface area contributed by atoms with Crippen molar-refractivity contribution in [2.24, 2.45) is 0 Å². The molecule has 0 aliphatic heterocycles. The molecule has 0 aliphatic rings. The second-order valence-electron chi connectivity index (χ2n) is 5.46. The molecular weight excluding hydrogens is 384 g/mol. The lowest BCUT2D eigenvalue weighted by Gasteiger charge is -2.08. The maximum atomic E-state index is 12.4. The van der Waals surface area contributed by atoms with Gasteiger partial charge in [0.05, 0.1) is 11.6 Å². The largest absolute Gasteiger partial charge is 0.494 e. The van der Waals surface area contributed by atoms with Gasteiger partial charge < -0.3 is 19.9 Å². The predicted octanol–water partition coefficient (Wildman–Crippen LogP) is 3.75. The molecule has 28 heavy (non-hydrogen) atoms. The summed E-state index contributed by atoms with van der Waals surface area (Å²) in [5.41, 5.74) is 0.854. The third-order valence-electron chi connectivity index (χ3n) is 3.39. The Morgan fingerprint density at radius 1 is 1.25 bits per heavy atom. The number of carbonyl (C=O) groups is 2. The van der Waals surface area contributed by atoms with Gasteiger partial charge in [-0.2, -0.15) is 5.26 Å². The van der Waals surface area contributed by atoms with Crippen LogP contribution >= 0.6 is 11.6 Å². The number of carboxylic acid groups (broad SMARTS) is 1. The summed E-state index contributed by atoms with van der Waals surface area (Å²) in [6, 6.07) is 13.2. The van der Waals surface area contributed by atoms with Crippen molar-refractivity contribution in [3.63, 3.8) is 0 Å². The molecule has 0 heterocycles. The smallest absolute Gasteiger partial charge is 0.341 e. The summed E-state index contributed by atoms with van der Waals surface area (Å²) >= 11 is 6.05. The molecule has 0 atom stereocenters. The Kier molecular flexibility index (Phi) is 7.43. The topological polar surface area (TPSA) is 109 Å². The number of carboxylic acids is 1. The van der Waals surface area contributed by atoms with Gasteiger partial charge in [-0.25, -0.2) is 4.79 Å². The van der Waals surface area contributed by atoms with E-state index in [9.17, 15) is 14.9 Å². The molecule has 0 bridgehead atoms. The normalized spacial score (nSPS) is 10.7. The minimum atomic E-state index is -1.13. The van der Waals surface area contributed by atoms with Gasteiger partial charge >= 0.3 is 5.97 Å². The Bertz CT molecular complexity index is 950. The van der Waals surface area contributed by atoms with Crippen molar-refractivity contribution in [3.8, 4) is 17.6 Å². The number of rotatable bonds is 8. The molecule has 2 aromatic carbocycles. The van der Waals surface area contributed by atoms with Crippen LogP contribution in [-0.2, 0) is 9.59 Å². The van der Waals surface area contributed by atoms with E-state index in [1.165, 1.54) is 18.2 Å². The SMILES string of the molecule is CCOc1cccc(NC(=O)/C(C#N)=C\c2ccc(OCC(=O)O)c(Cl)c2)c1. The number of benzene rings is 2. The van der Waals surface area contributed by atoms with E-state index in [0.717, 1.165) is 0 Å². The van der Waals surface area contributed by atoms with E-state index in [1.807, 2.05) is 13.0 Å². The minimum absolute atomic E-state index is 0.128. The number of hydrogen-bond acceptors (Lipinski definition) is 5. The van der Waals surface area contributed by atoms with Crippen LogP contribution in [0, 0.1) is 11.3 Å². The number of nitrogens with one attached hydrogen (secondary N) is 1. The second kappa shape index (κ2) is 10.00. The highest BCUT2D eigenvalue weighted by Gasteiger charge is 2.11. The highest BCUT2D eigenvalue weighted by Crippen LogP contribution is 2.26. The predicted molar refractivity (Wildman–Crippen MR) is 104 cm³/mol. The van der Waals surface area contributed by atoms with Crippen molar-refractivity contribution in [2.75, 3.05) is 18.5 Å². The van der Waals surface area contributed by atoms with Gasteiger partial charge in [-0.05, 0) is 42.8 Å². The van der Waals surface area contributed by atoms with Gasteiger partial charge in [0.15, 0.2) is 6.61 Å². The number of hydrogen-bond donors (Lipinski definition) is 2. The first-order valence-electron chi connectivity index (χ1n) is 8.23. The molecule has 2 N–H and O–H groups in total. The van der Waals surface area contributed by atoms with Gasteiger partial charge in [0.25, 0.3) is 5.91 Å². The average Bonchev–Trinajstić information content (AvgIpc) is 2.65. The number of amides is 1. The molecule has 2 rings (SSSR count). The van der Waals surface area contributed by atoms with Crippen LogP contribution < -0.4 is 14.8 Å². The Morgan fingerprint density at radius 3 is 2.68 bits per heavy atom. The van der Waals surface area contributed by atoms with Crippen LogP contribution in [0.4, 0.5) is 5.69 Å². The number of nitriles is 1. The van der Waals surface area contributed by atoms with Gasteiger partial charge in [-0.15, -0.1) is 0 Å². The molecule has 0 spiro atoms. The summed E-state index contributed by atoms with van der Waals surface area (Å²) in [6.07, 6.45) is 1.37. The fourth-order valence-corrected chi connectivity index (χ4v) is 2.45. The van der Waals surface area contributed by atoms with Gasteiger partial charge in [0.2, 0.25) is 0 Å². The van der Waals surface area contributed by atoms with E-state index >= 15 is 0 Å². The molecule has 0 saturated heterocycles. The molecule has 0 radical (unpaired) electrons. The quantitative estimate of drug-likeness (QED) is 0.516. The molecule has 0 saturated carbocycles. The highest BCUT2D eigenvalue weighted by molar-refractivity contribution is 6.32. The Morgan fingerprint density at radius 2 is 2.04 bits per heavy atom. The molecule has 0 aromatic heterocycles. The van der Waals surface area contributed by atoms with E-state index in [0.29, 0.717) is 23.6 Å². The summed E-state index contributed by atoms with van der Waals surface area (Å²) in [5, 5.41) is 20.8. The number of halogens is 1. The molecule has 2 aromatic rings. The van der Waals surface area contributed by atoms with Crippen LogP contribution in [-0.4, -0.2) is 30.2 Å². The molecular formula is C20H17ClN2O5. The number of anilines is 1. The molecule has 0 aliphatic carbocycles. The van der Waals surface area contributed by atoms with Crippen molar-refractivity contribution in [3.05, 3.63) is 58.6 Å². The number of carbonyl (C=O) groups excluding carboxylic acids is 1. The van der Waals surface area contributed by atoms with Crippen molar-refractivity contribution >= 4 is 35.2 Å². The Hall–Kier alpha value is -3.50. The van der Waals surface area contributed by atoms with Crippen LogP contribution in [0.2, 0.25) is 5.02 Å². The first-order chi connectivity index (χ1) is 13.4. The Balaban J connectivity index is 2.15. The van der Waals surface area contributed by atoms with Crippen LogP contribution in [0.15, 0.2) is 48.0 Å². The highest BCUT2D eigenvalue weighted by atomic mass is 35.5. The van der Waals surface area contributed by atoms with E-state index < -0.39 is 18.5 Å². The molecule has 7 nitrogen and oxygen atoms in total. The molecule has 8 heteroatoms. The summed E-state index contributed by atoms with van der Waals surface area (Å²) in [7, 11) is 0. The van der Waals surface area contributed by atoms with Gasteiger partial charge in [-0.1, -0.05) is 23.7 Å². The zero-order chi connectivity index (χ0) is 20.5. The van der Waals surface area contributed by atoms with Crippen molar-refractivity contribution < 1.29 is 24.2 Å². The molecule has 144 valence electrons. The van der Waals surface area contributed by atoms with E-state index in [2.05, 4.69) is 5.32 Å². The van der Waals surface area contributed by atoms with Crippen LogP contribution in [0.25, 0.3) is 6.08 Å². The van der Waals surface area contributed by atoms with E-state index in [4.69, 9.17) is 26.2 Å². The lowest BCUT2D eigenvalue weighted by molar-refractivity contribution is -0.139. The number of aliphatic carboxylic acids is 1. The number of nitrogens with zero attached hydrogens (tertiary/aromatic N) is 1. The first-order valence-corrected chi connectivity index (χ1v) is 8.61. The number of ether oxygens (including phenoxy) is 2. The fraction of sp³-hybridized carbons (Fsp3) is 0.150. The first kappa shape index (κ1) is 20.8. The fourth-order valence-electron chi connectivity index (χ4n) is 2.21. The zero-order valence-corrected chi connectivity index (χ0v) is 15.7. The summed E-state index contributed by atoms with van der Waals surface area (Å²) < 4.78 is 10.4. The summed E-state index contributed by atoms with van der Waals surface area (Å²) in [5.74, 6) is -0.918. The molecule has 0 unspecified atom stereocenters. The lowest BCUT2D eigenvalue weighted by atomic mass is 10.1. The minimum Gasteiger partial charge on any atom is -0.494 e. The van der Waals surface area contributed by atoms with Gasteiger partial charge in [0.1, 0.15) is 23.1 Å². The average molecular weight is 401 g/mol. The maximum absolute atomic E-state index is 12.4. The van der Waals surface area contributed by atoms with Crippen LogP contribution in [0.1, 0.15) is 12.5 Å². The molecule has 0 fully saturated rings. The lowest BCUT2D eigenvalue weighted by Crippen LogP contribution is -2.13. The van der Waals surface area contributed by atoms with E-state index in [-0.39, 0.29) is 16.3 Å². The summed E-state index contributed by atoms with van der Waals surface area (Å²) in [4.78, 5) is 22.9. The van der Waals surface area contributed by atoms with Gasteiger partial charge in [0, 0.05) is 11.8 Å². The zero-order valence-electron chi connectivity index (χ0n) is 14.9. The van der Waals surface area contributed by atoms with Crippen molar-refractivity contribution in [2.45, 2.75) is 6.92 Å². The third kappa shape index (κ3) is 6.04. The Labute approximate surface area is 166 Å². The third-order valence-corrected chi connectivity index (χ3v) is 3.68. The standard InChI is InChI=1S/C20H17ClN2O5/c1-2-27-16-5-3-4-15(10-16)23-20(26)14(11-22)8-13-6-7-18(17(21)9-13)28-12-19(24)25/h3-10H,2,12H2,1H3,(H,23,26)(H,24,25)/b14-8-. The van der Waals surface area contributed by atoms with E-state index in [1.54, 1.807) is 30.3 Å². The summed E-state index contributed by atoms with van der Waals surface area (Å²) in [6.45, 7) is 1.82. The van der Waals surface area contributed by atoms with Crippen LogP contribution in [0.3, 0.4) is 0 Å².